The molecule has 0 saturated carbocycles. The number of hydrogen-bond donors (Lipinski definition) is 2. The third kappa shape index (κ3) is 6.00. The summed E-state index contributed by atoms with van der Waals surface area (Å²) in [5.41, 5.74) is 7.69. The summed E-state index contributed by atoms with van der Waals surface area (Å²) in [6.07, 6.45) is 4.06. The molecule has 5 rings (SSSR count). The van der Waals surface area contributed by atoms with E-state index in [0.717, 1.165) is 47.0 Å². The van der Waals surface area contributed by atoms with Crippen LogP contribution in [0.3, 0.4) is 0 Å². The Morgan fingerprint density at radius 1 is 1.07 bits per heavy atom. The molecule has 2 aromatic carbocycles. The van der Waals surface area contributed by atoms with E-state index in [1.54, 1.807) is 40.2 Å². The zero-order chi connectivity index (χ0) is 28.3. The highest BCUT2D eigenvalue weighted by atomic mass is 32.2. The minimum Gasteiger partial charge on any atom is -0.283 e. The van der Waals surface area contributed by atoms with Crippen LogP contribution in [0.2, 0.25) is 0 Å². The molecule has 2 amide bonds. The monoisotopic (exact) mass is 574 g/mol. The number of nitrogens with zero attached hydrogens (tertiary/aromatic N) is 2. The Bertz CT molecular complexity index is 1580. The van der Waals surface area contributed by atoms with Crippen LogP contribution < -0.4 is 16.4 Å². The molecule has 1 aliphatic rings. The number of thiophene rings is 1. The average Bonchev–Trinajstić information content (AvgIpc) is 3.35. The highest BCUT2D eigenvalue weighted by molar-refractivity contribution is 7.99. The third-order valence-corrected chi connectivity index (χ3v) is 10.1. The SMILES string of the molecule is CCC(C)(C)[C@H]1CCc2c(sc3nc(SCC(=O)NNC(=O)c4ccccc4)n(Cc4ccccc4)c(=O)c23)C1. The molecule has 0 saturated heterocycles. The van der Waals surface area contributed by atoms with Crippen LogP contribution in [0.15, 0.2) is 70.6 Å². The molecule has 0 bridgehead atoms. The molecule has 2 N–H and O–H groups in total. The van der Waals surface area contributed by atoms with Crippen LogP contribution in [0.25, 0.3) is 10.2 Å². The molecular formula is C31H34N4O3S2. The van der Waals surface area contributed by atoms with E-state index in [9.17, 15) is 14.4 Å². The van der Waals surface area contributed by atoms with E-state index < -0.39 is 5.91 Å². The van der Waals surface area contributed by atoms with Crippen molar-refractivity contribution in [2.75, 3.05) is 5.75 Å². The van der Waals surface area contributed by atoms with Crippen LogP contribution in [0.5, 0.6) is 0 Å². The number of carbonyl (C=O) groups is 2. The van der Waals surface area contributed by atoms with E-state index in [-0.39, 0.29) is 22.6 Å². The first kappa shape index (κ1) is 28.1. The maximum Gasteiger partial charge on any atom is 0.269 e. The Balaban J connectivity index is 1.40. The van der Waals surface area contributed by atoms with Gasteiger partial charge >= 0.3 is 0 Å². The van der Waals surface area contributed by atoms with E-state index in [0.29, 0.717) is 23.2 Å². The Morgan fingerprint density at radius 3 is 2.48 bits per heavy atom. The van der Waals surface area contributed by atoms with Gasteiger partial charge in [0.1, 0.15) is 4.83 Å². The zero-order valence-electron chi connectivity index (χ0n) is 23.0. The Labute approximate surface area is 242 Å². The number of rotatable bonds is 8. The first-order valence-electron chi connectivity index (χ1n) is 13.6. The molecule has 4 aromatic rings. The lowest BCUT2D eigenvalue weighted by atomic mass is 9.70. The molecule has 1 aliphatic carbocycles. The van der Waals surface area contributed by atoms with Crippen LogP contribution in [0.4, 0.5) is 0 Å². The van der Waals surface area contributed by atoms with Gasteiger partial charge in [0.2, 0.25) is 5.91 Å². The Hall–Kier alpha value is -3.43. The van der Waals surface area contributed by atoms with Gasteiger partial charge in [-0.2, -0.15) is 0 Å². The van der Waals surface area contributed by atoms with Crippen molar-refractivity contribution in [3.8, 4) is 0 Å². The van der Waals surface area contributed by atoms with Crippen molar-refractivity contribution in [1.29, 1.82) is 0 Å². The standard InChI is InChI=1S/C31H34N4O3S2/c1-4-31(2,3)22-15-16-23-24(17-22)40-28-26(23)29(38)35(18-20-11-7-5-8-12-20)30(32-28)39-19-25(36)33-34-27(37)21-13-9-6-10-14-21/h5-14,22H,4,15-19H2,1-3H3,(H,33,36)(H,34,37)/t22-/m0/s1. The molecule has 2 aromatic heterocycles. The van der Waals surface area contributed by atoms with Crippen LogP contribution in [-0.2, 0) is 24.2 Å². The van der Waals surface area contributed by atoms with Gasteiger partial charge < -0.3 is 0 Å². The van der Waals surface area contributed by atoms with Gasteiger partial charge in [-0.25, -0.2) is 4.98 Å². The number of nitrogens with one attached hydrogen (secondary N) is 2. The number of aryl methyl sites for hydroxylation is 1. The van der Waals surface area contributed by atoms with Crippen LogP contribution in [0.1, 0.15) is 60.0 Å². The number of amides is 2. The van der Waals surface area contributed by atoms with Gasteiger partial charge in [0, 0.05) is 10.4 Å². The molecule has 0 radical (unpaired) electrons. The maximum absolute atomic E-state index is 14.0. The highest BCUT2D eigenvalue weighted by Crippen LogP contribution is 2.44. The Kier molecular flexibility index (Phi) is 8.42. The molecule has 2 heterocycles. The summed E-state index contributed by atoms with van der Waals surface area (Å²) in [6, 6.07) is 18.5. The second-order valence-corrected chi connectivity index (χ2v) is 12.9. The van der Waals surface area contributed by atoms with Gasteiger partial charge in [-0.3, -0.25) is 29.8 Å². The predicted octanol–water partition coefficient (Wildman–Crippen LogP) is 5.60. The van der Waals surface area contributed by atoms with Crippen molar-refractivity contribution >= 4 is 45.1 Å². The number of benzene rings is 2. The number of carbonyl (C=O) groups excluding carboxylic acids is 2. The largest absolute Gasteiger partial charge is 0.283 e. The molecule has 0 aliphatic heterocycles. The number of hydrazine groups is 1. The molecule has 40 heavy (non-hydrogen) atoms. The van der Waals surface area contributed by atoms with E-state index in [1.807, 2.05) is 36.4 Å². The van der Waals surface area contributed by atoms with Gasteiger partial charge in [-0.1, -0.05) is 87.5 Å². The fourth-order valence-electron chi connectivity index (χ4n) is 5.17. The maximum atomic E-state index is 14.0. The summed E-state index contributed by atoms with van der Waals surface area (Å²) in [6.45, 7) is 7.29. The summed E-state index contributed by atoms with van der Waals surface area (Å²) in [5, 5.41) is 1.22. The Morgan fingerprint density at radius 2 is 1.77 bits per heavy atom. The summed E-state index contributed by atoms with van der Waals surface area (Å²) in [4.78, 5) is 45.9. The van der Waals surface area contributed by atoms with Gasteiger partial charge in [0.25, 0.3) is 11.5 Å². The van der Waals surface area contributed by atoms with Gasteiger partial charge in [0.05, 0.1) is 17.7 Å². The number of thioether (sulfide) groups is 1. The van der Waals surface area contributed by atoms with Gasteiger partial charge in [-0.05, 0) is 53.9 Å². The average molecular weight is 575 g/mol. The molecule has 0 fully saturated rings. The van der Waals surface area contributed by atoms with Gasteiger partial charge in [0.15, 0.2) is 5.16 Å². The minimum atomic E-state index is -0.395. The van der Waals surface area contributed by atoms with Crippen LogP contribution in [-0.4, -0.2) is 27.1 Å². The topological polar surface area (TPSA) is 93.1 Å². The normalized spacial score (nSPS) is 15.0. The molecule has 0 unspecified atom stereocenters. The molecular weight excluding hydrogens is 541 g/mol. The molecule has 9 heteroatoms. The quantitative estimate of drug-likeness (QED) is 0.162. The van der Waals surface area contributed by atoms with Crippen molar-refractivity contribution in [1.82, 2.24) is 20.4 Å². The second-order valence-electron chi connectivity index (χ2n) is 10.9. The van der Waals surface area contributed by atoms with E-state index in [2.05, 4.69) is 31.6 Å². The molecule has 0 spiro atoms. The summed E-state index contributed by atoms with van der Waals surface area (Å²) < 4.78 is 1.69. The number of aromatic nitrogens is 2. The van der Waals surface area contributed by atoms with Crippen molar-refractivity contribution in [3.63, 3.8) is 0 Å². The van der Waals surface area contributed by atoms with E-state index in [1.165, 1.54) is 16.6 Å². The molecule has 7 nitrogen and oxygen atoms in total. The molecule has 1 atom stereocenters. The van der Waals surface area contributed by atoms with E-state index >= 15 is 0 Å². The first-order valence-corrected chi connectivity index (χ1v) is 15.4. The summed E-state index contributed by atoms with van der Waals surface area (Å²) in [5.74, 6) is -0.203. The van der Waals surface area contributed by atoms with Crippen molar-refractivity contribution in [3.05, 3.63) is 92.6 Å². The lowest BCUT2D eigenvalue weighted by molar-refractivity contribution is -0.119. The van der Waals surface area contributed by atoms with E-state index in [4.69, 9.17) is 4.98 Å². The zero-order valence-corrected chi connectivity index (χ0v) is 24.7. The van der Waals surface area contributed by atoms with Crippen molar-refractivity contribution in [2.24, 2.45) is 11.3 Å². The number of fused-ring (bicyclic) bond motifs is 3. The van der Waals surface area contributed by atoms with Crippen LogP contribution >= 0.6 is 23.1 Å². The highest BCUT2D eigenvalue weighted by Gasteiger charge is 2.34. The molecule has 208 valence electrons. The lowest BCUT2D eigenvalue weighted by Gasteiger charge is -2.36. The smallest absolute Gasteiger partial charge is 0.269 e. The van der Waals surface area contributed by atoms with Crippen molar-refractivity contribution in [2.45, 2.75) is 58.2 Å². The van der Waals surface area contributed by atoms with Crippen LogP contribution in [0, 0.1) is 11.3 Å². The van der Waals surface area contributed by atoms with Crippen molar-refractivity contribution < 1.29 is 9.59 Å². The number of hydrogen-bond acceptors (Lipinski definition) is 6. The fourth-order valence-corrected chi connectivity index (χ4v) is 7.30. The predicted molar refractivity (Wildman–Crippen MR) is 162 cm³/mol. The third-order valence-electron chi connectivity index (χ3n) is 8.02. The lowest BCUT2D eigenvalue weighted by Crippen LogP contribution is -2.42. The fraction of sp³-hybridized carbons (Fsp3) is 0.355. The minimum absolute atomic E-state index is 0.000338. The van der Waals surface area contributed by atoms with Gasteiger partial charge in [-0.15, -0.1) is 11.3 Å². The first-order chi connectivity index (χ1) is 19.3. The summed E-state index contributed by atoms with van der Waals surface area (Å²) in [7, 11) is 0. The summed E-state index contributed by atoms with van der Waals surface area (Å²) >= 11 is 2.82. The second kappa shape index (κ2) is 12.0.